The molecule has 130 valence electrons. The van der Waals surface area contributed by atoms with Gasteiger partial charge in [-0.05, 0) is 23.6 Å². The number of rotatable bonds is 5. The lowest BCUT2D eigenvalue weighted by Crippen LogP contribution is -2.35. The largest absolute Gasteiger partial charge is 0.493 e. The van der Waals surface area contributed by atoms with Crippen molar-refractivity contribution in [3.63, 3.8) is 0 Å². The van der Waals surface area contributed by atoms with E-state index in [0.29, 0.717) is 22.4 Å². The molecule has 0 saturated heterocycles. The quantitative estimate of drug-likeness (QED) is 0.773. The highest BCUT2D eigenvalue weighted by atomic mass is 16.5. The Hall–Kier alpha value is -3.02. The summed E-state index contributed by atoms with van der Waals surface area (Å²) in [6.45, 7) is 2.29. The summed E-state index contributed by atoms with van der Waals surface area (Å²) < 4.78 is 11.7. The monoisotopic (exact) mass is 340 g/mol. The maximum Gasteiger partial charge on any atom is 0.329 e. The number of benzene rings is 2. The van der Waals surface area contributed by atoms with Crippen LogP contribution in [0.3, 0.4) is 0 Å². The Morgan fingerprint density at radius 3 is 2.16 bits per heavy atom. The van der Waals surface area contributed by atoms with E-state index < -0.39 is 5.69 Å². The van der Waals surface area contributed by atoms with Crippen molar-refractivity contribution < 1.29 is 9.47 Å². The molecule has 1 aromatic heterocycles. The average Bonchev–Trinajstić information content (AvgIpc) is 2.64. The molecule has 0 bridgehead atoms. The first-order chi connectivity index (χ1) is 12.1. The zero-order valence-corrected chi connectivity index (χ0v) is 14.5. The standard InChI is InChI=1S/C19H20N2O4/c1-4-12-5-7-13(8-6-12)11-21-18(22)14-9-16(24-2)17(25-3)10-15(14)20-19(21)23/h5-10H,4,11H2,1-3H3,(H,20,23). The molecule has 0 unspecified atom stereocenters. The topological polar surface area (TPSA) is 73.3 Å². The Kier molecular flexibility index (Phi) is 4.61. The number of methoxy groups -OCH3 is 2. The molecular weight excluding hydrogens is 320 g/mol. The van der Waals surface area contributed by atoms with E-state index in [-0.39, 0.29) is 12.1 Å². The van der Waals surface area contributed by atoms with E-state index >= 15 is 0 Å². The second-order valence-electron chi connectivity index (χ2n) is 5.74. The maximum absolute atomic E-state index is 12.8. The van der Waals surface area contributed by atoms with Gasteiger partial charge in [-0.3, -0.25) is 9.36 Å². The minimum atomic E-state index is -0.454. The lowest BCUT2D eigenvalue weighted by molar-refractivity contribution is 0.355. The van der Waals surface area contributed by atoms with Crippen molar-refractivity contribution in [2.75, 3.05) is 14.2 Å². The van der Waals surface area contributed by atoms with E-state index in [9.17, 15) is 9.59 Å². The molecular formula is C19H20N2O4. The maximum atomic E-state index is 12.8. The van der Waals surface area contributed by atoms with Crippen molar-refractivity contribution in [2.45, 2.75) is 19.9 Å². The number of aryl methyl sites for hydroxylation is 1. The average molecular weight is 340 g/mol. The van der Waals surface area contributed by atoms with Gasteiger partial charge in [0.1, 0.15) is 0 Å². The van der Waals surface area contributed by atoms with Crippen LogP contribution in [-0.4, -0.2) is 23.8 Å². The Morgan fingerprint density at radius 2 is 1.56 bits per heavy atom. The highest BCUT2D eigenvalue weighted by molar-refractivity contribution is 5.81. The smallest absolute Gasteiger partial charge is 0.329 e. The predicted molar refractivity (Wildman–Crippen MR) is 96.9 cm³/mol. The molecule has 0 radical (unpaired) electrons. The van der Waals surface area contributed by atoms with Gasteiger partial charge < -0.3 is 14.5 Å². The van der Waals surface area contributed by atoms with Gasteiger partial charge >= 0.3 is 5.69 Å². The third-order valence-corrected chi connectivity index (χ3v) is 4.26. The fourth-order valence-corrected chi connectivity index (χ4v) is 2.79. The SMILES string of the molecule is CCc1ccc(Cn2c(=O)[nH]c3cc(OC)c(OC)cc3c2=O)cc1. The van der Waals surface area contributed by atoms with Crippen molar-refractivity contribution in [3.05, 3.63) is 68.4 Å². The lowest BCUT2D eigenvalue weighted by atomic mass is 10.1. The molecule has 6 nitrogen and oxygen atoms in total. The molecule has 2 aromatic carbocycles. The molecule has 0 aliphatic heterocycles. The second-order valence-corrected chi connectivity index (χ2v) is 5.74. The van der Waals surface area contributed by atoms with Gasteiger partial charge in [0.05, 0.1) is 31.7 Å². The number of hydrogen-bond donors (Lipinski definition) is 1. The van der Waals surface area contributed by atoms with Gasteiger partial charge in [-0.1, -0.05) is 31.2 Å². The number of aromatic amines is 1. The van der Waals surface area contributed by atoms with E-state index in [4.69, 9.17) is 9.47 Å². The second kappa shape index (κ2) is 6.84. The molecule has 0 amide bonds. The van der Waals surface area contributed by atoms with Crippen molar-refractivity contribution in [3.8, 4) is 11.5 Å². The first kappa shape index (κ1) is 16.8. The number of nitrogens with zero attached hydrogens (tertiary/aromatic N) is 1. The van der Waals surface area contributed by atoms with E-state index in [0.717, 1.165) is 12.0 Å². The van der Waals surface area contributed by atoms with Crippen molar-refractivity contribution >= 4 is 10.9 Å². The van der Waals surface area contributed by atoms with E-state index in [1.165, 1.54) is 24.4 Å². The number of ether oxygens (including phenoxy) is 2. The van der Waals surface area contributed by atoms with Gasteiger partial charge in [0, 0.05) is 6.07 Å². The summed E-state index contributed by atoms with van der Waals surface area (Å²) in [7, 11) is 3.01. The van der Waals surface area contributed by atoms with Gasteiger partial charge in [0.15, 0.2) is 11.5 Å². The minimum Gasteiger partial charge on any atom is -0.493 e. The Labute approximate surface area is 144 Å². The summed E-state index contributed by atoms with van der Waals surface area (Å²) in [5, 5.41) is 0.377. The fraction of sp³-hybridized carbons (Fsp3) is 0.263. The van der Waals surface area contributed by atoms with Crippen LogP contribution in [0.2, 0.25) is 0 Å². The van der Waals surface area contributed by atoms with Crippen LogP contribution < -0.4 is 20.7 Å². The van der Waals surface area contributed by atoms with Gasteiger partial charge in [0.25, 0.3) is 5.56 Å². The van der Waals surface area contributed by atoms with Crippen LogP contribution in [0.1, 0.15) is 18.1 Å². The molecule has 0 saturated carbocycles. The normalized spacial score (nSPS) is 10.8. The van der Waals surface area contributed by atoms with Crippen molar-refractivity contribution in [2.24, 2.45) is 0 Å². The summed E-state index contributed by atoms with van der Waals surface area (Å²) in [6, 6.07) is 11.1. The van der Waals surface area contributed by atoms with Crippen LogP contribution in [0, 0.1) is 0 Å². The molecule has 1 heterocycles. The zero-order chi connectivity index (χ0) is 18.0. The van der Waals surface area contributed by atoms with E-state index in [1.807, 2.05) is 24.3 Å². The van der Waals surface area contributed by atoms with Gasteiger partial charge in [-0.2, -0.15) is 0 Å². The number of hydrogen-bond acceptors (Lipinski definition) is 4. The zero-order valence-electron chi connectivity index (χ0n) is 14.5. The van der Waals surface area contributed by atoms with Crippen LogP contribution >= 0.6 is 0 Å². The van der Waals surface area contributed by atoms with Crippen molar-refractivity contribution in [1.29, 1.82) is 0 Å². The predicted octanol–water partition coefficient (Wildman–Crippen LogP) is 2.32. The number of H-pyrrole nitrogens is 1. The first-order valence-corrected chi connectivity index (χ1v) is 8.04. The third kappa shape index (κ3) is 3.15. The number of nitrogens with one attached hydrogen (secondary N) is 1. The van der Waals surface area contributed by atoms with Gasteiger partial charge in [-0.25, -0.2) is 4.79 Å². The fourth-order valence-electron chi connectivity index (χ4n) is 2.79. The Balaban J connectivity index is 2.12. The molecule has 1 N–H and O–H groups in total. The van der Waals surface area contributed by atoms with Gasteiger partial charge in [0.2, 0.25) is 0 Å². The summed E-state index contributed by atoms with van der Waals surface area (Å²) in [5.74, 6) is 0.899. The minimum absolute atomic E-state index is 0.211. The van der Waals surface area contributed by atoms with Crippen LogP contribution in [-0.2, 0) is 13.0 Å². The van der Waals surface area contributed by atoms with Crippen LogP contribution in [0.25, 0.3) is 10.9 Å². The summed E-state index contributed by atoms with van der Waals surface area (Å²) >= 11 is 0. The first-order valence-electron chi connectivity index (χ1n) is 8.04. The van der Waals surface area contributed by atoms with E-state index in [2.05, 4.69) is 11.9 Å². The molecule has 0 atom stereocenters. The van der Waals surface area contributed by atoms with Crippen LogP contribution in [0.15, 0.2) is 46.0 Å². The van der Waals surface area contributed by atoms with Crippen LogP contribution in [0.4, 0.5) is 0 Å². The molecule has 0 aliphatic rings. The van der Waals surface area contributed by atoms with Crippen LogP contribution in [0.5, 0.6) is 11.5 Å². The summed E-state index contributed by atoms with van der Waals surface area (Å²) in [5.41, 5.74) is 1.71. The highest BCUT2D eigenvalue weighted by Crippen LogP contribution is 2.29. The van der Waals surface area contributed by atoms with Gasteiger partial charge in [-0.15, -0.1) is 0 Å². The molecule has 6 heteroatoms. The molecule has 25 heavy (non-hydrogen) atoms. The third-order valence-electron chi connectivity index (χ3n) is 4.26. The Bertz CT molecular complexity index is 1020. The molecule has 0 fully saturated rings. The highest BCUT2D eigenvalue weighted by Gasteiger charge is 2.13. The lowest BCUT2D eigenvalue weighted by Gasteiger charge is -2.11. The number of fused-ring (bicyclic) bond motifs is 1. The molecule has 3 aromatic rings. The van der Waals surface area contributed by atoms with E-state index in [1.54, 1.807) is 12.1 Å². The molecule has 0 spiro atoms. The summed E-state index contributed by atoms with van der Waals surface area (Å²) in [6.07, 6.45) is 0.943. The molecule has 3 rings (SSSR count). The van der Waals surface area contributed by atoms with Crippen molar-refractivity contribution in [1.82, 2.24) is 9.55 Å². The number of aromatic nitrogens is 2. The molecule has 0 aliphatic carbocycles. The Morgan fingerprint density at radius 1 is 0.960 bits per heavy atom. The summed E-state index contributed by atoms with van der Waals surface area (Å²) in [4.78, 5) is 27.9.